The van der Waals surface area contributed by atoms with Crippen LogP contribution in [0.15, 0.2) is 18.6 Å². The van der Waals surface area contributed by atoms with E-state index in [1.54, 1.807) is 19.2 Å². The Hall–Kier alpha value is -3.55. The second kappa shape index (κ2) is 9.13. The summed E-state index contributed by atoms with van der Waals surface area (Å²) in [4.78, 5) is 30.7. The van der Waals surface area contributed by atoms with Crippen LogP contribution in [0.25, 0.3) is 11.0 Å². The Morgan fingerprint density at radius 3 is 2.85 bits per heavy atom. The number of aromatic nitrogens is 6. The highest BCUT2D eigenvalue weighted by Crippen LogP contribution is 2.30. The lowest BCUT2D eigenvalue weighted by Crippen LogP contribution is -2.28. The monoisotopic (exact) mass is 465 g/mol. The van der Waals surface area contributed by atoms with Crippen molar-refractivity contribution in [3.05, 3.63) is 24.3 Å². The SMILES string of the molecule is Cc1nn(CCOCC(F)(F)F)c2c(Nc3ccncn3)nc(N3CC[C@@H](C(N)=O)C3)nc12. The summed E-state index contributed by atoms with van der Waals surface area (Å²) < 4.78 is 43.4. The number of nitrogens with two attached hydrogens (primary N) is 1. The summed E-state index contributed by atoms with van der Waals surface area (Å²) in [5, 5.41) is 7.54. The van der Waals surface area contributed by atoms with Gasteiger partial charge in [0.05, 0.1) is 24.8 Å². The molecule has 3 N–H and O–H groups in total. The number of rotatable bonds is 8. The topological polar surface area (TPSA) is 137 Å². The minimum Gasteiger partial charge on any atom is -0.370 e. The van der Waals surface area contributed by atoms with Crippen LogP contribution >= 0.6 is 0 Å². The van der Waals surface area contributed by atoms with Gasteiger partial charge in [-0.2, -0.15) is 23.3 Å². The van der Waals surface area contributed by atoms with E-state index < -0.39 is 12.8 Å². The van der Waals surface area contributed by atoms with Gasteiger partial charge >= 0.3 is 6.18 Å². The molecule has 3 aromatic rings. The highest BCUT2D eigenvalue weighted by Gasteiger charge is 2.30. The van der Waals surface area contributed by atoms with Crippen LogP contribution in [0.1, 0.15) is 12.1 Å². The number of primary amides is 1. The summed E-state index contributed by atoms with van der Waals surface area (Å²) >= 11 is 0. The number of hydrogen-bond donors (Lipinski definition) is 2. The molecule has 1 amide bonds. The molecule has 1 aliphatic heterocycles. The molecule has 14 heteroatoms. The first-order chi connectivity index (χ1) is 15.7. The molecule has 0 spiro atoms. The number of alkyl halides is 3. The smallest absolute Gasteiger partial charge is 0.370 e. The Balaban J connectivity index is 1.68. The molecule has 0 aliphatic carbocycles. The third kappa shape index (κ3) is 5.27. The first-order valence-corrected chi connectivity index (χ1v) is 10.2. The Morgan fingerprint density at radius 1 is 1.36 bits per heavy atom. The summed E-state index contributed by atoms with van der Waals surface area (Å²) in [6.45, 7) is 1.23. The van der Waals surface area contributed by atoms with Gasteiger partial charge in [0.25, 0.3) is 0 Å². The van der Waals surface area contributed by atoms with E-state index in [-0.39, 0.29) is 25.0 Å². The predicted molar refractivity (Wildman–Crippen MR) is 112 cm³/mol. The quantitative estimate of drug-likeness (QED) is 0.475. The zero-order valence-corrected chi connectivity index (χ0v) is 17.7. The average molecular weight is 465 g/mol. The Morgan fingerprint density at radius 2 is 2.18 bits per heavy atom. The van der Waals surface area contributed by atoms with E-state index in [4.69, 9.17) is 10.5 Å². The van der Waals surface area contributed by atoms with Gasteiger partial charge in [-0.25, -0.2) is 15.0 Å². The van der Waals surface area contributed by atoms with Crippen molar-refractivity contribution >= 4 is 34.5 Å². The first-order valence-electron chi connectivity index (χ1n) is 10.2. The molecule has 11 nitrogen and oxygen atoms in total. The van der Waals surface area contributed by atoms with Crippen LogP contribution in [0.2, 0.25) is 0 Å². The molecule has 33 heavy (non-hydrogen) atoms. The minimum absolute atomic E-state index is 0.0645. The molecule has 1 fully saturated rings. The van der Waals surface area contributed by atoms with E-state index in [2.05, 4.69) is 30.4 Å². The lowest BCUT2D eigenvalue weighted by molar-refractivity contribution is -0.174. The number of halogens is 3. The number of anilines is 3. The van der Waals surface area contributed by atoms with Crippen LogP contribution in [0.5, 0.6) is 0 Å². The van der Waals surface area contributed by atoms with E-state index in [9.17, 15) is 18.0 Å². The summed E-state index contributed by atoms with van der Waals surface area (Å²) in [5.74, 6) is 0.551. The van der Waals surface area contributed by atoms with Crippen molar-refractivity contribution in [3.63, 3.8) is 0 Å². The molecule has 0 radical (unpaired) electrons. The minimum atomic E-state index is -4.40. The number of aryl methyl sites for hydroxylation is 1. The molecule has 1 saturated heterocycles. The summed E-state index contributed by atoms with van der Waals surface area (Å²) in [7, 11) is 0. The van der Waals surface area contributed by atoms with Crippen LogP contribution in [0, 0.1) is 12.8 Å². The fraction of sp³-hybridized carbons (Fsp3) is 0.474. The van der Waals surface area contributed by atoms with Crippen molar-refractivity contribution in [2.45, 2.75) is 26.1 Å². The number of hydrogen-bond acceptors (Lipinski definition) is 9. The zero-order valence-electron chi connectivity index (χ0n) is 17.7. The maximum atomic E-state index is 12.4. The molecule has 1 aliphatic rings. The van der Waals surface area contributed by atoms with Crippen LogP contribution in [0.4, 0.5) is 30.8 Å². The Kier molecular flexibility index (Phi) is 6.26. The normalized spacial score (nSPS) is 16.5. The fourth-order valence-corrected chi connectivity index (χ4v) is 3.61. The fourth-order valence-electron chi connectivity index (χ4n) is 3.61. The number of fused-ring (bicyclic) bond motifs is 1. The van der Waals surface area contributed by atoms with Crippen molar-refractivity contribution in [3.8, 4) is 0 Å². The summed E-state index contributed by atoms with van der Waals surface area (Å²) in [6, 6.07) is 1.65. The van der Waals surface area contributed by atoms with Crippen molar-refractivity contribution in [1.29, 1.82) is 0 Å². The molecule has 0 saturated carbocycles. The molecular formula is C19H22F3N9O2. The predicted octanol–water partition coefficient (Wildman–Crippen LogP) is 1.56. The van der Waals surface area contributed by atoms with Crippen molar-refractivity contribution < 1.29 is 22.7 Å². The van der Waals surface area contributed by atoms with E-state index >= 15 is 0 Å². The third-order valence-corrected chi connectivity index (χ3v) is 5.16. The highest BCUT2D eigenvalue weighted by molar-refractivity contribution is 5.90. The van der Waals surface area contributed by atoms with Gasteiger partial charge in [-0.3, -0.25) is 9.48 Å². The maximum absolute atomic E-state index is 12.4. The van der Waals surface area contributed by atoms with Crippen molar-refractivity contribution in [2.75, 3.05) is 36.5 Å². The maximum Gasteiger partial charge on any atom is 0.411 e. The zero-order chi connectivity index (χ0) is 23.6. The molecule has 1 atom stereocenters. The molecule has 3 aromatic heterocycles. The first kappa shape index (κ1) is 22.6. The van der Waals surface area contributed by atoms with E-state index in [0.29, 0.717) is 53.8 Å². The molecule has 176 valence electrons. The van der Waals surface area contributed by atoms with Crippen molar-refractivity contribution in [2.24, 2.45) is 11.7 Å². The van der Waals surface area contributed by atoms with E-state index in [0.717, 1.165) is 0 Å². The van der Waals surface area contributed by atoms with Crippen LogP contribution in [-0.2, 0) is 16.1 Å². The molecule has 0 aromatic carbocycles. The number of nitrogens with zero attached hydrogens (tertiary/aromatic N) is 7. The number of ether oxygens (including phenoxy) is 1. The van der Waals surface area contributed by atoms with Crippen LogP contribution in [-0.4, -0.2) is 68.1 Å². The summed E-state index contributed by atoms with van der Waals surface area (Å²) in [5.41, 5.74) is 7.03. The molecular weight excluding hydrogens is 443 g/mol. The van der Waals surface area contributed by atoms with Gasteiger partial charge in [-0.05, 0) is 19.4 Å². The van der Waals surface area contributed by atoms with E-state index in [1.165, 1.54) is 11.0 Å². The molecule has 4 heterocycles. The Labute approximate surface area is 186 Å². The molecule has 0 bridgehead atoms. The number of carbonyl (C=O) groups is 1. The lowest BCUT2D eigenvalue weighted by Gasteiger charge is -2.18. The lowest BCUT2D eigenvalue weighted by atomic mass is 10.1. The highest BCUT2D eigenvalue weighted by atomic mass is 19.4. The number of amides is 1. The van der Waals surface area contributed by atoms with Gasteiger partial charge in [0, 0.05) is 19.3 Å². The Bertz CT molecular complexity index is 1140. The van der Waals surface area contributed by atoms with Gasteiger partial charge < -0.3 is 20.7 Å². The van der Waals surface area contributed by atoms with Gasteiger partial charge in [-0.15, -0.1) is 0 Å². The van der Waals surface area contributed by atoms with Gasteiger partial charge in [-0.1, -0.05) is 0 Å². The molecule has 0 unspecified atom stereocenters. The molecule has 4 rings (SSSR count). The number of carbonyl (C=O) groups excluding carboxylic acids is 1. The van der Waals surface area contributed by atoms with Gasteiger partial charge in [0.15, 0.2) is 5.82 Å². The average Bonchev–Trinajstić information content (AvgIpc) is 3.37. The van der Waals surface area contributed by atoms with E-state index in [1.807, 2.05) is 4.90 Å². The second-order valence-electron chi connectivity index (χ2n) is 7.60. The summed E-state index contributed by atoms with van der Waals surface area (Å²) in [6.07, 6.45) is -0.883. The van der Waals surface area contributed by atoms with Gasteiger partial charge in [0.1, 0.15) is 29.8 Å². The van der Waals surface area contributed by atoms with Crippen LogP contribution in [0.3, 0.4) is 0 Å². The number of nitrogens with one attached hydrogen (secondary N) is 1. The van der Waals surface area contributed by atoms with Crippen LogP contribution < -0.4 is 16.0 Å². The van der Waals surface area contributed by atoms with Crippen molar-refractivity contribution in [1.82, 2.24) is 29.7 Å². The standard InChI is InChI=1S/C19H22F3N9O2/c1-11-14-15(31(29-11)6-7-33-9-19(20,21)22)17(26-13-2-4-24-10-25-13)28-18(27-14)30-5-3-12(8-30)16(23)32/h2,4,10,12H,3,5-9H2,1H3,(H2,23,32)(H,24,25,26,27,28)/t12-/m1/s1. The largest absolute Gasteiger partial charge is 0.411 e. The van der Waals surface area contributed by atoms with Gasteiger partial charge in [0.2, 0.25) is 11.9 Å². The third-order valence-electron chi connectivity index (χ3n) is 5.16. The second-order valence-corrected chi connectivity index (χ2v) is 7.60.